The van der Waals surface area contributed by atoms with E-state index in [1.165, 1.54) is 21.7 Å². The molecule has 2 rings (SSSR count). The molecule has 0 bridgehead atoms. The summed E-state index contributed by atoms with van der Waals surface area (Å²) >= 11 is 11.8. The molecule has 0 aliphatic rings. The first kappa shape index (κ1) is 17.4. The zero-order valence-electron chi connectivity index (χ0n) is 11.1. The summed E-state index contributed by atoms with van der Waals surface area (Å²) in [6.45, 7) is 0.964. The first-order valence-corrected chi connectivity index (χ1v) is 10.2. The summed E-state index contributed by atoms with van der Waals surface area (Å²) in [5.74, 6) is 0. The standard InChI is InChI=1S/C12H13BrClNO3S3/c1-18-5-4-15(8-9-3-2-6-19-9)21(16,17)11-7-10(14)12(13)20-11/h2-3,6-7H,4-5,8H2,1H3. The molecule has 0 spiro atoms. The van der Waals surface area contributed by atoms with Crippen LogP contribution >= 0.6 is 50.2 Å². The summed E-state index contributed by atoms with van der Waals surface area (Å²) in [4.78, 5) is 0.983. The van der Waals surface area contributed by atoms with Gasteiger partial charge in [-0.2, -0.15) is 4.31 Å². The number of hydrogen-bond donors (Lipinski definition) is 0. The van der Waals surface area contributed by atoms with E-state index in [0.29, 0.717) is 28.5 Å². The summed E-state index contributed by atoms with van der Waals surface area (Å²) < 4.78 is 32.7. The highest BCUT2D eigenvalue weighted by Crippen LogP contribution is 2.36. The number of sulfonamides is 1. The van der Waals surface area contributed by atoms with Crippen LogP contribution in [0.1, 0.15) is 4.88 Å². The lowest BCUT2D eigenvalue weighted by atomic mass is 10.4. The summed E-state index contributed by atoms with van der Waals surface area (Å²) in [7, 11) is -2.04. The van der Waals surface area contributed by atoms with Crippen molar-refractivity contribution in [1.29, 1.82) is 0 Å². The number of methoxy groups -OCH3 is 1. The molecule has 0 N–H and O–H groups in total. The lowest BCUT2D eigenvalue weighted by Crippen LogP contribution is -2.32. The fourth-order valence-corrected chi connectivity index (χ4v) is 6.39. The Morgan fingerprint density at radius 1 is 1.48 bits per heavy atom. The van der Waals surface area contributed by atoms with Crippen LogP contribution in [0.15, 0.2) is 31.6 Å². The van der Waals surface area contributed by atoms with Crippen molar-refractivity contribution >= 4 is 60.2 Å². The molecule has 0 saturated heterocycles. The molecule has 0 aliphatic carbocycles. The Kier molecular flexibility index (Phi) is 6.25. The Morgan fingerprint density at radius 2 is 2.24 bits per heavy atom. The van der Waals surface area contributed by atoms with Crippen molar-refractivity contribution in [2.24, 2.45) is 0 Å². The molecule has 9 heteroatoms. The molecule has 0 fully saturated rings. The van der Waals surface area contributed by atoms with E-state index >= 15 is 0 Å². The van der Waals surface area contributed by atoms with Crippen LogP contribution in [0.3, 0.4) is 0 Å². The van der Waals surface area contributed by atoms with E-state index in [1.54, 1.807) is 7.11 Å². The molecule has 4 nitrogen and oxygen atoms in total. The molecular formula is C12H13BrClNO3S3. The minimum atomic E-state index is -3.59. The van der Waals surface area contributed by atoms with Gasteiger partial charge in [-0.1, -0.05) is 17.7 Å². The van der Waals surface area contributed by atoms with Gasteiger partial charge in [0.15, 0.2) is 0 Å². The smallest absolute Gasteiger partial charge is 0.253 e. The van der Waals surface area contributed by atoms with Crippen molar-refractivity contribution < 1.29 is 13.2 Å². The van der Waals surface area contributed by atoms with Crippen LogP contribution in [0, 0.1) is 0 Å². The second kappa shape index (κ2) is 7.54. The van der Waals surface area contributed by atoms with Crippen LogP contribution in [0.4, 0.5) is 0 Å². The van der Waals surface area contributed by atoms with Crippen molar-refractivity contribution in [2.45, 2.75) is 10.8 Å². The van der Waals surface area contributed by atoms with Crippen molar-refractivity contribution in [2.75, 3.05) is 20.3 Å². The topological polar surface area (TPSA) is 46.6 Å². The molecule has 0 radical (unpaired) electrons. The van der Waals surface area contributed by atoms with Gasteiger partial charge in [-0.05, 0) is 33.4 Å². The molecule has 0 saturated carbocycles. The molecule has 21 heavy (non-hydrogen) atoms. The number of ether oxygens (including phenoxy) is 1. The first-order chi connectivity index (χ1) is 9.95. The average Bonchev–Trinajstić information content (AvgIpc) is 3.05. The maximum absolute atomic E-state index is 12.7. The fourth-order valence-electron chi connectivity index (χ4n) is 1.63. The third-order valence-corrected chi connectivity index (χ3v) is 8.30. The Labute approximate surface area is 145 Å². The average molecular weight is 431 g/mol. The molecular weight excluding hydrogens is 418 g/mol. The minimum absolute atomic E-state index is 0.229. The van der Waals surface area contributed by atoms with Gasteiger partial charge in [0.25, 0.3) is 10.0 Å². The molecule has 0 atom stereocenters. The predicted octanol–water partition coefficient (Wildman–Crippen LogP) is 4.06. The van der Waals surface area contributed by atoms with Crippen LogP contribution < -0.4 is 0 Å². The lowest BCUT2D eigenvalue weighted by molar-refractivity contribution is 0.178. The molecule has 0 amide bonds. The van der Waals surface area contributed by atoms with Gasteiger partial charge in [-0.25, -0.2) is 8.42 Å². The van der Waals surface area contributed by atoms with E-state index in [1.807, 2.05) is 17.5 Å². The minimum Gasteiger partial charge on any atom is -0.383 e. The van der Waals surface area contributed by atoms with Crippen LogP contribution in [0.2, 0.25) is 5.02 Å². The monoisotopic (exact) mass is 429 g/mol. The zero-order valence-corrected chi connectivity index (χ0v) is 15.9. The third-order valence-electron chi connectivity index (χ3n) is 2.67. The van der Waals surface area contributed by atoms with Crippen LogP contribution in [0.25, 0.3) is 0 Å². The number of thiophene rings is 2. The van der Waals surface area contributed by atoms with Crippen molar-refractivity contribution in [3.63, 3.8) is 0 Å². The summed E-state index contributed by atoms with van der Waals surface area (Å²) in [5, 5.41) is 2.33. The quantitative estimate of drug-likeness (QED) is 0.665. The Balaban J connectivity index is 2.29. The van der Waals surface area contributed by atoms with E-state index in [9.17, 15) is 8.42 Å². The number of nitrogens with zero attached hydrogens (tertiary/aromatic N) is 1. The summed E-state index contributed by atoms with van der Waals surface area (Å²) in [6.07, 6.45) is 0. The molecule has 2 aromatic rings. The second-order valence-corrected chi connectivity index (χ2v) is 10.1. The highest BCUT2D eigenvalue weighted by atomic mass is 79.9. The van der Waals surface area contributed by atoms with Crippen LogP contribution in [-0.4, -0.2) is 33.0 Å². The van der Waals surface area contributed by atoms with E-state index in [0.717, 1.165) is 16.2 Å². The van der Waals surface area contributed by atoms with E-state index in [-0.39, 0.29) is 4.21 Å². The summed E-state index contributed by atoms with van der Waals surface area (Å²) in [5.41, 5.74) is 0. The molecule has 116 valence electrons. The SMILES string of the molecule is COCCN(Cc1cccs1)S(=O)(=O)c1cc(Cl)c(Br)s1. The van der Waals surface area contributed by atoms with Crippen LogP contribution in [0.5, 0.6) is 0 Å². The van der Waals surface area contributed by atoms with Gasteiger partial charge >= 0.3 is 0 Å². The molecule has 0 aromatic carbocycles. The Bertz CT molecular complexity index is 665. The lowest BCUT2D eigenvalue weighted by Gasteiger charge is -2.20. The first-order valence-electron chi connectivity index (χ1n) is 5.91. The largest absolute Gasteiger partial charge is 0.383 e. The molecule has 2 aromatic heterocycles. The number of halogens is 2. The Hall–Kier alpha value is 0.0400. The molecule has 0 unspecified atom stereocenters. The fraction of sp³-hybridized carbons (Fsp3) is 0.333. The van der Waals surface area contributed by atoms with Gasteiger partial charge < -0.3 is 4.74 Å². The van der Waals surface area contributed by atoms with Gasteiger partial charge in [0, 0.05) is 25.1 Å². The normalized spacial score (nSPS) is 12.2. The van der Waals surface area contributed by atoms with Crippen molar-refractivity contribution in [3.05, 3.63) is 37.3 Å². The molecule has 0 aliphatic heterocycles. The molecule has 2 heterocycles. The van der Waals surface area contributed by atoms with E-state index in [2.05, 4.69) is 15.9 Å². The Morgan fingerprint density at radius 3 is 2.76 bits per heavy atom. The van der Waals surface area contributed by atoms with E-state index < -0.39 is 10.0 Å². The number of rotatable bonds is 7. The maximum Gasteiger partial charge on any atom is 0.253 e. The van der Waals surface area contributed by atoms with Gasteiger partial charge in [-0.15, -0.1) is 22.7 Å². The van der Waals surface area contributed by atoms with Crippen molar-refractivity contribution in [3.8, 4) is 0 Å². The van der Waals surface area contributed by atoms with Gasteiger partial charge in [0.1, 0.15) is 4.21 Å². The highest BCUT2D eigenvalue weighted by Gasteiger charge is 2.27. The maximum atomic E-state index is 12.7. The second-order valence-electron chi connectivity index (χ2n) is 4.10. The highest BCUT2D eigenvalue weighted by molar-refractivity contribution is 9.11. The third kappa shape index (κ3) is 4.28. The van der Waals surface area contributed by atoms with Gasteiger partial charge in [-0.3, -0.25) is 0 Å². The van der Waals surface area contributed by atoms with Gasteiger partial charge in [0.2, 0.25) is 0 Å². The zero-order chi connectivity index (χ0) is 15.5. The van der Waals surface area contributed by atoms with Crippen molar-refractivity contribution in [1.82, 2.24) is 4.31 Å². The summed E-state index contributed by atoms with van der Waals surface area (Å²) in [6, 6.07) is 5.29. The van der Waals surface area contributed by atoms with Gasteiger partial charge in [0.05, 0.1) is 15.4 Å². The number of hydrogen-bond acceptors (Lipinski definition) is 5. The van der Waals surface area contributed by atoms with Crippen LogP contribution in [-0.2, 0) is 21.3 Å². The predicted molar refractivity (Wildman–Crippen MR) is 90.8 cm³/mol. The van der Waals surface area contributed by atoms with E-state index in [4.69, 9.17) is 16.3 Å².